The van der Waals surface area contributed by atoms with Crippen LogP contribution in [0.15, 0.2) is 72.8 Å². The Morgan fingerprint density at radius 3 is 2.41 bits per heavy atom. The van der Waals surface area contributed by atoms with Crippen molar-refractivity contribution in [1.29, 1.82) is 0 Å². The smallest absolute Gasteiger partial charge is 0.255 e. The summed E-state index contributed by atoms with van der Waals surface area (Å²) in [6.45, 7) is 3.40. The third kappa shape index (κ3) is 5.75. The van der Waals surface area contributed by atoms with Crippen LogP contribution in [0.5, 0.6) is 11.5 Å². The first kappa shape index (κ1) is 20.3. The Morgan fingerprint density at radius 2 is 1.72 bits per heavy atom. The van der Waals surface area contributed by atoms with E-state index in [0.717, 1.165) is 29.1 Å². The summed E-state index contributed by atoms with van der Waals surface area (Å²) in [7, 11) is 1.62. The van der Waals surface area contributed by atoms with Crippen molar-refractivity contribution in [2.75, 3.05) is 24.4 Å². The van der Waals surface area contributed by atoms with Gasteiger partial charge in [0.15, 0.2) is 0 Å². The van der Waals surface area contributed by atoms with Gasteiger partial charge in [-0.15, -0.1) is 0 Å². The number of benzene rings is 3. The Balaban J connectivity index is 1.68. The molecule has 0 aliphatic heterocycles. The molecule has 0 unspecified atom stereocenters. The zero-order valence-corrected chi connectivity index (χ0v) is 16.8. The van der Waals surface area contributed by atoms with Crippen molar-refractivity contribution in [3.63, 3.8) is 0 Å². The molecule has 0 aromatic heterocycles. The zero-order chi connectivity index (χ0) is 20.5. The van der Waals surface area contributed by atoms with Crippen LogP contribution in [-0.2, 0) is 6.54 Å². The minimum Gasteiger partial charge on any atom is -0.495 e. The van der Waals surface area contributed by atoms with E-state index in [9.17, 15) is 4.79 Å². The van der Waals surface area contributed by atoms with Crippen molar-refractivity contribution in [3.8, 4) is 11.5 Å². The van der Waals surface area contributed by atoms with Gasteiger partial charge in [-0.25, -0.2) is 0 Å². The van der Waals surface area contributed by atoms with E-state index in [-0.39, 0.29) is 5.91 Å². The van der Waals surface area contributed by atoms with Crippen molar-refractivity contribution >= 4 is 17.3 Å². The fraction of sp³-hybridized carbons (Fsp3) is 0.208. The largest absolute Gasteiger partial charge is 0.495 e. The maximum absolute atomic E-state index is 12.6. The normalized spacial score (nSPS) is 10.3. The van der Waals surface area contributed by atoms with Crippen LogP contribution < -0.4 is 20.1 Å². The molecule has 29 heavy (non-hydrogen) atoms. The molecule has 0 heterocycles. The van der Waals surface area contributed by atoms with Gasteiger partial charge < -0.3 is 20.1 Å². The highest BCUT2D eigenvalue weighted by Gasteiger charge is 2.11. The molecule has 5 heteroatoms. The molecule has 0 bridgehead atoms. The molecule has 0 saturated carbocycles. The number of ether oxygens (including phenoxy) is 2. The van der Waals surface area contributed by atoms with Gasteiger partial charge in [0, 0.05) is 17.8 Å². The molecule has 0 aliphatic carbocycles. The highest BCUT2D eigenvalue weighted by atomic mass is 16.5. The molecule has 3 aromatic carbocycles. The van der Waals surface area contributed by atoms with Gasteiger partial charge in [0.25, 0.3) is 5.91 Å². The molecule has 0 atom stereocenters. The maximum atomic E-state index is 12.6. The molecule has 150 valence electrons. The molecule has 3 rings (SSSR count). The summed E-state index contributed by atoms with van der Waals surface area (Å²) in [5.41, 5.74) is 3.18. The number of anilines is 2. The molecule has 0 radical (unpaired) electrons. The van der Waals surface area contributed by atoms with Gasteiger partial charge in [0.2, 0.25) is 0 Å². The van der Waals surface area contributed by atoms with E-state index in [1.54, 1.807) is 25.3 Å². The highest BCUT2D eigenvalue weighted by molar-refractivity contribution is 6.05. The molecule has 0 aliphatic rings. The molecular weight excluding hydrogens is 364 g/mol. The quantitative estimate of drug-likeness (QED) is 0.517. The highest BCUT2D eigenvalue weighted by Crippen LogP contribution is 2.27. The van der Waals surface area contributed by atoms with Gasteiger partial charge in [-0.1, -0.05) is 37.3 Å². The second-order valence-corrected chi connectivity index (χ2v) is 6.58. The lowest BCUT2D eigenvalue weighted by atomic mass is 10.1. The molecule has 3 aromatic rings. The van der Waals surface area contributed by atoms with Gasteiger partial charge in [0.05, 0.1) is 19.4 Å². The number of para-hydroxylation sites is 1. The van der Waals surface area contributed by atoms with Crippen molar-refractivity contribution in [2.24, 2.45) is 0 Å². The molecule has 1 amide bonds. The van der Waals surface area contributed by atoms with E-state index < -0.39 is 0 Å². The average molecular weight is 390 g/mol. The van der Waals surface area contributed by atoms with Crippen molar-refractivity contribution in [2.45, 2.75) is 19.9 Å². The van der Waals surface area contributed by atoms with Gasteiger partial charge >= 0.3 is 0 Å². The Hall–Kier alpha value is -3.47. The zero-order valence-electron chi connectivity index (χ0n) is 16.8. The summed E-state index contributed by atoms with van der Waals surface area (Å²) < 4.78 is 11.1. The summed E-state index contributed by atoms with van der Waals surface area (Å²) >= 11 is 0. The van der Waals surface area contributed by atoms with Gasteiger partial charge in [0.1, 0.15) is 11.5 Å². The second kappa shape index (κ2) is 10.2. The summed E-state index contributed by atoms with van der Waals surface area (Å²) in [6, 6.07) is 22.7. The first-order valence-electron chi connectivity index (χ1n) is 9.69. The molecular formula is C24H26N2O3. The van der Waals surface area contributed by atoms with E-state index in [1.807, 2.05) is 54.6 Å². The lowest BCUT2D eigenvalue weighted by molar-refractivity contribution is 0.102. The Kier molecular flexibility index (Phi) is 7.11. The molecule has 0 spiro atoms. The number of carbonyl (C=O) groups excluding carboxylic acids is 1. The standard InChI is InChI=1S/C24H26N2O3/c1-3-15-29-21-12-9-18(10-13-21)17-25-22-16-19(11-14-23(22)28-2)24(27)26-20-7-5-4-6-8-20/h4-14,16,25H,3,15,17H2,1-2H3,(H,26,27). The first-order chi connectivity index (χ1) is 14.2. The summed E-state index contributed by atoms with van der Waals surface area (Å²) in [5.74, 6) is 1.39. The molecule has 0 fully saturated rings. The van der Waals surface area contributed by atoms with Crippen LogP contribution in [-0.4, -0.2) is 19.6 Å². The van der Waals surface area contributed by atoms with Crippen LogP contribution in [0.1, 0.15) is 29.3 Å². The molecule has 5 nitrogen and oxygen atoms in total. The molecule has 2 N–H and O–H groups in total. The predicted molar refractivity (Wildman–Crippen MR) is 117 cm³/mol. The number of methoxy groups -OCH3 is 1. The topological polar surface area (TPSA) is 59.6 Å². The minimum absolute atomic E-state index is 0.167. The number of carbonyl (C=O) groups is 1. The average Bonchev–Trinajstić information content (AvgIpc) is 2.77. The first-order valence-corrected chi connectivity index (χ1v) is 9.69. The Bertz CT molecular complexity index is 925. The predicted octanol–water partition coefficient (Wildman–Crippen LogP) is 5.35. The summed E-state index contributed by atoms with van der Waals surface area (Å²) in [5, 5.41) is 6.25. The summed E-state index contributed by atoms with van der Waals surface area (Å²) in [4.78, 5) is 12.6. The summed E-state index contributed by atoms with van der Waals surface area (Å²) in [6.07, 6.45) is 0.983. The van der Waals surface area contributed by atoms with Crippen molar-refractivity contribution in [3.05, 3.63) is 83.9 Å². The third-order valence-corrected chi connectivity index (χ3v) is 4.37. The van der Waals surface area contributed by atoms with E-state index >= 15 is 0 Å². The Morgan fingerprint density at radius 1 is 0.966 bits per heavy atom. The lowest BCUT2D eigenvalue weighted by Gasteiger charge is -2.14. The minimum atomic E-state index is -0.167. The van der Waals surface area contributed by atoms with Crippen molar-refractivity contribution < 1.29 is 14.3 Å². The van der Waals surface area contributed by atoms with Gasteiger partial charge in [-0.2, -0.15) is 0 Å². The van der Waals surface area contributed by atoms with Crippen LogP contribution in [0.25, 0.3) is 0 Å². The molecule has 0 saturated heterocycles. The number of hydrogen-bond acceptors (Lipinski definition) is 4. The van der Waals surface area contributed by atoms with E-state index in [2.05, 4.69) is 17.6 Å². The van der Waals surface area contributed by atoms with Crippen molar-refractivity contribution in [1.82, 2.24) is 0 Å². The van der Waals surface area contributed by atoms with Crippen LogP contribution in [0.4, 0.5) is 11.4 Å². The number of amides is 1. The van der Waals surface area contributed by atoms with Crippen LogP contribution >= 0.6 is 0 Å². The van der Waals surface area contributed by atoms with E-state index in [0.29, 0.717) is 24.5 Å². The number of rotatable bonds is 9. The Labute approximate surface area is 171 Å². The number of hydrogen-bond donors (Lipinski definition) is 2. The van der Waals surface area contributed by atoms with Gasteiger partial charge in [-0.05, 0) is 54.4 Å². The van der Waals surface area contributed by atoms with Crippen LogP contribution in [0, 0.1) is 0 Å². The van der Waals surface area contributed by atoms with E-state index in [4.69, 9.17) is 9.47 Å². The third-order valence-electron chi connectivity index (χ3n) is 4.37. The fourth-order valence-electron chi connectivity index (χ4n) is 2.83. The van der Waals surface area contributed by atoms with Gasteiger partial charge in [-0.3, -0.25) is 4.79 Å². The number of nitrogens with one attached hydrogen (secondary N) is 2. The fourth-order valence-corrected chi connectivity index (χ4v) is 2.83. The van der Waals surface area contributed by atoms with Crippen LogP contribution in [0.2, 0.25) is 0 Å². The van der Waals surface area contributed by atoms with E-state index in [1.165, 1.54) is 0 Å². The second-order valence-electron chi connectivity index (χ2n) is 6.58. The van der Waals surface area contributed by atoms with Crippen LogP contribution in [0.3, 0.4) is 0 Å². The maximum Gasteiger partial charge on any atom is 0.255 e. The monoisotopic (exact) mass is 390 g/mol. The SMILES string of the molecule is CCCOc1ccc(CNc2cc(C(=O)Nc3ccccc3)ccc2OC)cc1. The lowest BCUT2D eigenvalue weighted by Crippen LogP contribution is -2.12.